The molecule has 0 aliphatic rings. The molecular weight excluding hydrogens is 877 g/mol. The molecule has 0 bridgehead atoms. The molecule has 0 N–H and O–H groups in total. The zero-order chi connectivity index (χ0) is 51.4. The van der Waals surface area contributed by atoms with Crippen LogP contribution >= 0.6 is 0 Å². The van der Waals surface area contributed by atoms with E-state index in [-0.39, 0.29) is 31.1 Å². The number of hydrogen-bond acceptors (Lipinski definition) is 6. The van der Waals surface area contributed by atoms with Crippen LogP contribution in [0.1, 0.15) is 290 Å². The Morgan fingerprint density at radius 3 is 0.845 bits per heavy atom. The molecule has 0 saturated heterocycles. The molecule has 0 heterocycles. The number of unbranched alkanes of at least 4 members (excludes halogenated alkanes) is 29. The highest BCUT2D eigenvalue weighted by Crippen LogP contribution is 2.15. The lowest BCUT2D eigenvalue weighted by molar-refractivity contribution is -0.167. The molecular formula is C65H112O6. The first-order chi connectivity index (χ1) is 35.0. The molecule has 0 aromatic rings. The summed E-state index contributed by atoms with van der Waals surface area (Å²) in [7, 11) is 0. The molecule has 6 nitrogen and oxygen atoms in total. The van der Waals surface area contributed by atoms with E-state index in [4.69, 9.17) is 14.2 Å². The van der Waals surface area contributed by atoms with Gasteiger partial charge in [-0.25, -0.2) is 0 Å². The minimum atomic E-state index is -0.797. The van der Waals surface area contributed by atoms with E-state index < -0.39 is 6.10 Å². The van der Waals surface area contributed by atoms with Gasteiger partial charge >= 0.3 is 17.9 Å². The second-order valence-electron chi connectivity index (χ2n) is 19.9. The Kier molecular flexibility index (Phi) is 56.3. The lowest BCUT2D eigenvalue weighted by atomic mass is 10.1. The molecule has 0 radical (unpaired) electrons. The van der Waals surface area contributed by atoms with Gasteiger partial charge in [-0.2, -0.15) is 0 Å². The van der Waals surface area contributed by atoms with Crippen LogP contribution in [-0.4, -0.2) is 37.2 Å². The lowest BCUT2D eigenvalue weighted by Gasteiger charge is -2.18. The maximum atomic E-state index is 12.9. The van der Waals surface area contributed by atoms with E-state index in [9.17, 15) is 14.4 Å². The highest BCUT2D eigenvalue weighted by atomic mass is 16.6. The number of rotatable bonds is 54. The van der Waals surface area contributed by atoms with Crippen LogP contribution in [0.15, 0.2) is 85.1 Å². The van der Waals surface area contributed by atoms with E-state index in [1.165, 1.54) is 154 Å². The standard InChI is InChI=1S/C65H112O6/c1-4-7-10-13-16-19-22-25-28-31-32-35-37-40-43-46-49-52-55-58-64(67)70-61-62(71-65(68)59-56-53-50-47-44-41-38-34-30-27-24-21-18-15-12-9-6-3)60-69-63(66)57-54-51-48-45-42-39-36-33-29-26-23-20-17-14-11-8-5-2/h16,18-19,21,25-30,32,35,40,43,62H,4-15,17,20,22-24,31,33-34,36-39,41-42,44-61H2,1-3H3/b19-16-,21-18-,28-25-,29-26-,30-27-,35-32-,43-40-/t62-/m0/s1. The fourth-order valence-corrected chi connectivity index (χ4v) is 8.27. The molecule has 0 aromatic carbocycles. The Morgan fingerprint density at radius 1 is 0.282 bits per heavy atom. The zero-order valence-corrected chi connectivity index (χ0v) is 46.7. The minimum Gasteiger partial charge on any atom is -0.462 e. The van der Waals surface area contributed by atoms with Crippen molar-refractivity contribution < 1.29 is 28.6 Å². The summed E-state index contributed by atoms with van der Waals surface area (Å²) < 4.78 is 16.9. The highest BCUT2D eigenvalue weighted by molar-refractivity contribution is 5.71. The number of hydrogen-bond donors (Lipinski definition) is 0. The van der Waals surface area contributed by atoms with E-state index in [2.05, 4.69) is 106 Å². The minimum absolute atomic E-state index is 0.0920. The van der Waals surface area contributed by atoms with E-state index in [0.29, 0.717) is 19.3 Å². The SMILES string of the molecule is CCCCC/C=C\C/C=C\C/C=C\C/C=C\CCCCCC(=O)OC[C@H](COC(=O)CCCCCCCCC/C=C\CCCCCCCC)OC(=O)CCCCCCCCC/C=C\C/C=C\CCCCC. The molecule has 0 aliphatic heterocycles. The number of allylic oxidation sites excluding steroid dienone is 14. The molecule has 0 aromatic heterocycles. The van der Waals surface area contributed by atoms with Gasteiger partial charge in [0.05, 0.1) is 0 Å². The normalized spacial score (nSPS) is 12.7. The molecule has 0 unspecified atom stereocenters. The molecule has 0 aliphatic carbocycles. The van der Waals surface area contributed by atoms with Crippen LogP contribution in [0.4, 0.5) is 0 Å². The van der Waals surface area contributed by atoms with Crippen LogP contribution in [0.2, 0.25) is 0 Å². The van der Waals surface area contributed by atoms with Crippen molar-refractivity contribution in [3.05, 3.63) is 85.1 Å². The molecule has 71 heavy (non-hydrogen) atoms. The molecule has 0 spiro atoms. The maximum Gasteiger partial charge on any atom is 0.306 e. The van der Waals surface area contributed by atoms with Crippen LogP contribution in [0.5, 0.6) is 0 Å². The topological polar surface area (TPSA) is 78.9 Å². The van der Waals surface area contributed by atoms with Crippen molar-refractivity contribution in [1.29, 1.82) is 0 Å². The van der Waals surface area contributed by atoms with Gasteiger partial charge < -0.3 is 14.2 Å². The Labute approximate surface area is 439 Å². The number of carbonyl (C=O) groups is 3. The van der Waals surface area contributed by atoms with Gasteiger partial charge in [-0.05, 0) is 122 Å². The fourth-order valence-electron chi connectivity index (χ4n) is 8.27. The van der Waals surface area contributed by atoms with E-state index in [1.807, 2.05) is 0 Å². The van der Waals surface area contributed by atoms with Gasteiger partial charge in [0, 0.05) is 19.3 Å². The third-order valence-corrected chi connectivity index (χ3v) is 12.8. The zero-order valence-electron chi connectivity index (χ0n) is 46.7. The van der Waals surface area contributed by atoms with Gasteiger partial charge in [-0.3, -0.25) is 14.4 Å². The van der Waals surface area contributed by atoms with Crippen LogP contribution in [-0.2, 0) is 28.6 Å². The molecule has 6 heteroatoms. The number of ether oxygens (including phenoxy) is 3. The first-order valence-electron chi connectivity index (χ1n) is 30.1. The number of carbonyl (C=O) groups excluding carboxylic acids is 3. The Morgan fingerprint density at radius 2 is 0.507 bits per heavy atom. The van der Waals surface area contributed by atoms with Gasteiger partial charge in [0.1, 0.15) is 13.2 Å². The Bertz CT molecular complexity index is 1370. The molecule has 408 valence electrons. The van der Waals surface area contributed by atoms with Crippen LogP contribution in [0.3, 0.4) is 0 Å². The van der Waals surface area contributed by atoms with Crippen molar-refractivity contribution in [3.8, 4) is 0 Å². The first-order valence-corrected chi connectivity index (χ1v) is 30.1. The van der Waals surface area contributed by atoms with Gasteiger partial charge in [-0.1, -0.05) is 234 Å². The molecule has 0 saturated carbocycles. The predicted octanol–water partition coefficient (Wildman–Crippen LogP) is 20.3. The Balaban J connectivity index is 4.46. The monoisotopic (exact) mass is 989 g/mol. The van der Waals surface area contributed by atoms with Crippen molar-refractivity contribution in [2.45, 2.75) is 297 Å². The number of esters is 3. The van der Waals surface area contributed by atoms with Crippen molar-refractivity contribution in [1.82, 2.24) is 0 Å². The summed E-state index contributed by atoms with van der Waals surface area (Å²) in [5.74, 6) is -0.928. The maximum absolute atomic E-state index is 12.9. The average Bonchev–Trinajstić information content (AvgIpc) is 3.37. The summed E-state index contributed by atoms with van der Waals surface area (Å²) in [6.45, 7) is 6.56. The summed E-state index contributed by atoms with van der Waals surface area (Å²) in [5.41, 5.74) is 0. The van der Waals surface area contributed by atoms with E-state index in [1.54, 1.807) is 0 Å². The van der Waals surface area contributed by atoms with Crippen molar-refractivity contribution in [2.24, 2.45) is 0 Å². The van der Waals surface area contributed by atoms with Gasteiger partial charge in [0.2, 0.25) is 0 Å². The third kappa shape index (κ3) is 57.4. The summed E-state index contributed by atoms with van der Waals surface area (Å²) >= 11 is 0. The summed E-state index contributed by atoms with van der Waals surface area (Å²) in [6.07, 6.45) is 77.1. The summed E-state index contributed by atoms with van der Waals surface area (Å²) in [6, 6.07) is 0. The van der Waals surface area contributed by atoms with Crippen molar-refractivity contribution in [3.63, 3.8) is 0 Å². The Hall–Kier alpha value is -3.41. The van der Waals surface area contributed by atoms with Gasteiger partial charge in [0.25, 0.3) is 0 Å². The second-order valence-corrected chi connectivity index (χ2v) is 19.9. The predicted molar refractivity (Wildman–Crippen MR) is 307 cm³/mol. The largest absolute Gasteiger partial charge is 0.462 e. The molecule has 0 rings (SSSR count). The summed E-state index contributed by atoms with van der Waals surface area (Å²) in [4.78, 5) is 38.2. The van der Waals surface area contributed by atoms with Crippen LogP contribution in [0, 0.1) is 0 Å². The quantitative estimate of drug-likeness (QED) is 0.0261. The van der Waals surface area contributed by atoms with Crippen LogP contribution < -0.4 is 0 Å². The second kappa shape index (κ2) is 59.2. The van der Waals surface area contributed by atoms with Crippen molar-refractivity contribution in [2.75, 3.05) is 13.2 Å². The molecule has 0 fully saturated rings. The first kappa shape index (κ1) is 67.6. The lowest BCUT2D eigenvalue weighted by Crippen LogP contribution is -2.30. The molecule has 0 amide bonds. The average molecular weight is 990 g/mol. The summed E-state index contributed by atoms with van der Waals surface area (Å²) in [5, 5.41) is 0. The van der Waals surface area contributed by atoms with E-state index >= 15 is 0 Å². The highest BCUT2D eigenvalue weighted by Gasteiger charge is 2.19. The third-order valence-electron chi connectivity index (χ3n) is 12.8. The smallest absolute Gasteiger partial charge is 0.306 e. The van der Waals surface area contributed by atoms with Gasteiger partial charge in [0.15, 0.2) is 6.10 Å². The van der Waals surface area contributed by atoms with Crippen molar-refractivity contribution >= 4 is 17.9 Å². The van der Waals surface area contributed by atoms with Gasteiger partial charge in [-0.15, -0.1) is 0 Å². The van der Waals surface area contributed by atoms with Crippen LogP contribution in [0.25, 0.3) is 0 Å². The van der Waals surface area contributed by atoms with E-state index in [0.717, 1.165) is 96.3 Å². The molecule has 1 atom stereocenters. The fraction of sp³-hybridized carbons (Fsp3) is 0.738.